The SMILES string of the molecule is N#CC1(n2cc([C@@H](CC(=O)N3CCOCC3)C3CCCCC3)nn2)CC1. The molecule has 26 heavy (non-hydrogen) atoms. The van der Waals surface area contributed by atoms with E-state index in [-0.39, 0.29) is 11.8 Å². The van der Waals surface area contributed by atoms with E-state index in [4.69, 9.17) is 4.74 Å². The van der Waals surface area contributed by atoms with E-state index >= 15 is 0 Å². The molecule has 2 heterocycles. The minimum atomic E-state index is -0.490. The lowest BCUT2D eigenvalue weighted by atomic mass is 9.77. The Kier molecular flexibility index (Phi) is 4.94. The summed E-state index contributed by atoms with van der Waals surface area (Å²) in [5.41, 5.74) is 0.399. The van der Waals surface area contributed by atoms with Crippen molar-refractivity contribution in [2.24, 2.45) is 5.92 Å². The Labute approximate surface area is 154 Å². The Morgan fingerprint density at radius 2 is 2.04 bits per heavy atom. The largest absolute Gasteiger partial charge is 0.378 e. The molecule has 0 aromatic carbocycles. The third-order valence-corrected chi connectivity index (χ3v) is 6.24. The summed E-state index contributed by atoms with van der Waals surface area (Å²) in [6.45, 7) is 2.61. The summed E-state index contributed by atoms with van der Waals surface area (Å²) < 4.78 is 7.10. The minimum Gasteiger partial charge on any atom is -0.378 e. The van der Waals surface area contributed by atoms with Crippen LogP contribution in [0.15, 0.2) is 6.20 Å². The second-order valence-corrected chi connectivity index (χ2v) is 7.93. The van der Waals surface area contributed by atoms with Crippen LogP contribution in [0.4, 0.5) is 0 Å². The van der Waals surface area contributed by atoms with Crippen LogP contribution >= 0.6 is 0 Å². The number of hydrogen-bond acceptors (Lipinski definition) is 5. The van der Waals surface area contributed by atoms with Gasteiger partial charge in [-0.2, -0.15) is 5.26 Å². The standard InChI is InChI=1S/C19H27N5O2/c20-14-19(6-7-19)24-13-17(21-22-24)16(15-4-2-1-3-5-15)12-18(25)23-8-10-26-11-9-23/h13,15-16H,1-12H2/t16-/m0/s1. The van der Waals surface area contributed by atoms with E-state index in [1.807, 2.05) is 11.1 Å². The minimum absolute atomic E-state index is 0.105. The molecule has 0 unspecified atom stereocenters. The Hall–Kier alpha value is -1.94. The lowest BCUT2D eigenvalue weighted by molar-refractivity contribution is -0.136. The van der Waals surface area contributed by atoms with Crippen LogP contribution in [-0.4, -0.2) is 52.1 Å². The maximum Gasteiger partial charge on any atom is 0.223 e. The number of hydrogen-bond donors (Lipinski definition) is 0. The molecule has 7 nitrogen and oxygen atoms in total. The predicted molar refractivity (Wildman–Crippen MR) is 94.2 cm³/mol. The lowest BCUT2D eigenvalue weighted by Gasteiger charge is -2.32. The van der Waals surface area contributed by atoms with Crippen molar-refractivity contribution >= 4 is 5.91 Å². The molecule has 0 radical (unpaired) electrons. The Bertz CT molecular complexity index is 678. The highest BCUT2D eigenvalue weighted by Crippen LogP contribution is 2.43. The normalized spacial score (nSPS) is 24.0. The zero-order valence-corrected chi connectivity index (χ0v) is 15.3. The first-order valence-corrected chi connectivity index (χ1v) is 9.91. The summed E-state index contributed by atoms with van der Waals surface area (Å²) >= 11 is 0. The summed E-state index contributed by atoms with van der Waals surface area (Å²) in [4.78, 5) is 14.8. The first-order valence-electron chi connectivity index (χ1n) is 9.91. The van der Waals surface area contributed by atoms with Crippen molar-refractivity contribution < 1.29 is 9.53 Å². The van der Waals surface area contributed by atoms with Gasteiger partial charge in [0, 0.05) is 25.4 Å². The van der Waals surface area contributed by atoms with Crippen LogP contribution in [0.1, 0.15) is 63.0 Å². The highest BCUT2D eigenvalue weighted by Gasteiger charge is 2.47. The van der Waals surface area contributed by atoms with Crippen LogP contribution in [0, 0.1) is 17.2 Å². The molecule has 140 valence electrons. The fraction of sp³-hybridized carbons (Fsp3) is 0.789. The van der Waals surface area contributed by atoms with Gasteiger partial charge < -0.3 is 9.64 Å². The van der Waals surface area contributed by atoms with Crippen LogP contribution in [0.5, 0.6) is 0 Å². The van der Waals surface area contributed by atoms with Crippen molar-refractivity contribution in [2.75, 3.05) is 26.3 Å². The lowest BCUT2D eigenvalue weighted by Crippen LogP contribution is -2.41. The number of amides is 1. The number of aromatic nitrogens is 3. The van der Waals surface area contributed by atoms with Gasteiger partial charge in [0.15, 0.2) is 5.54 Å². The molecule has 1 aromatic heterocycles. The highest BCUT2D eigenvalue weighted by molar-refractivity contribution is 5.77. The van der Waals surface area contributed by atoms with Crippen molar-refractivity contribution in [3.63, 3.8) is 0 Å². The fourth-order valence-corrected chi connectivity index (χ4v) is 4.35. The van der Waals surface area contributed by atoms with Gasteiger partial charge in [-0.15, -0.1) is 5.10 Å². The van der Waals surface area contributed by atoms with E-state index in [9.17, 15) is 10.1 Å². The fourth-order valence-electron chi connectivity index (χ4n) is 4.35. The molecule has 2 saturated carbocycles. The number of ether oxygens (including phenoxy) is 1. The highest BCUT2D eigenvalue weighted by atomic mass is 16.5. The van der Waals surface area contributed by atoms with Gasteiger partial charge in [-0.05, 0) is 31.6 Å². The number of morpholine rings is 1. The molecule has 3 fully saturated rings. The smallest absolute Gasteiger partial charge is 0.223 e. The Balaban J connectivity index is 1.53. The molecule has 3 aliphatic rings. The van der Waals surface area contributed by atoms with Gasteiger partial charge in [0.05, 0.1) is 31.2 Å². The van der Waals surface area contributed by atoms with Gasteiger partial charge in [0.1, 0.15) is 0 Å². The van der Waals surface area contributed by atoms with Crippen molar-refractivity contribution in [1.82, 2.24) is 19.9 Å². The van der Waals surface area contributed by atoms with E-state index in [0.29, 0.717) is 38.6 Å². The second-order valence-electron chi connectivity index (χ2n) is 7.93. The maximum absolute atomic E-state index is 12.9. The van der Waals surface area contributed by atoms with E-state index in [1.165, 1.54) is 19.3 Å². The number of carbonyl (C=O) groups excluding carboxylic acids is 1. The van der Waals surface area contributed by atoms with Gasteiger partial charge in [-0.25, -0.2) is 4.68 Å². The van der Waals surface area contributed by atoms with E-state index in [2.05, 4.69) is 16.4 Å². The molecular formula is C19H27N5O2. The van der Waals surface area contributed by atoms with Crippen molar-refractivity contribution in [3.8, 4) is 6.07 Å². The van der Waals surface area contributed by atoms with Crippen LogP contribution in [0.2, 0.25) is 0 Å². The molecule has 0 spiro atoms. The van der Waals surface area contributed by atoms with Crippen LogP contribution in [0.25, 0.3) is 0 Å². The van der Waals surface area contributed by atoms with Gasteiger partial charge in [-0.1, -0.05) is 24.5 Å². The van der Waals surface area contributed by atoms with Crippen LogP contribution in [-0.2, 0) is 15.1 Å². The summed E-state index contributed by atoms with van der Waals surface area (Å²) in [5, 5.41) is 18.1. The van der Waals surface area contributed by atoms with E-state index in [1.54, 1.807) is 4.68 Å². The molecule has 1 amide bonds. The molecule has 2 aliphatic carbocycles. The molecule has 1 aliphatic heterocycles. The van der Waals surface area contributed by atoms with Gasteiger partial charge in [0.25, 0.3) is 0 Å². The number of carbonyl (C=O) groups is 1. The maximum atomic E-state index is 12.9. The molecule has 1 aromatic rings. The topological polar surface area (TPSA) is 84.0 Å². The third-order valence-electron chi connectivity index (χ3n) is 6.24. The zero-order valence-electron chi connectivity index (χ0n) is 15.3. The van der Waals surface area contributed by atoms with Crippen molar-refractivity contribution in [3.05, 3.63) is 11.9 Å². The summed E-state index contributed by atoms with van der Waals surface area (Å²) in [6.07, 6.45) is 10.1. The molecule has 1 saturated heterocycles. The monoisotopic (exact) mass is 357 g/mol. The number of nitrogens with zero attached hydrogens (tertiary/aromatic N) is 5. The predicted octanol–water partition coefficient (Wildman–Crippen LogP) is 2.20. The summed E-state index contributed by atoms with van der Waals surface area (Å²) in [6, 6.07) is 2.36. The molecule has 0 bridgehead atoms. The molecule has 1 atom stereocenters. The van der Waals surface area contributed by atoms with Gasteiger partial charge in [0.2, 0.25) is 5.91 Å². The van der Waals surface area contributed by atoms with E-state index < -0.39 is 5.54 Å². The average molecular weight is 357 g/mol. The first-order chi connectivity index (χ1) is 12.7. The van der Waals surface area contributed by atoms with Gasteiger partial charge >= 0.3 is 0 Å². The first kappa shape index (κ1) is 17.5. The molecule has 7 heteroatoms. The number of nitriles is 1. The Morgan fingerprint density at radius 1 is 1.31 bits per heavy atom. The molecule has 4 rings (SSSR count). The summed E-state index contributed by atoms with van der Waals surface area (Å²) in [7, 11) is 0. The van der Waals surface area contributed by atoms with E-state index in [0.717, 1.165) is 31.4 Å². The Morgan fingerprint density at radius 3 is 2.69 bits per heavy atom. The van der Waals surface area contributed by atoms with Crippen molar-refractivity contribution in [1.29, 1.82) is 5.26 Å². The number of rotatable bonds is 5. The van der Waals surface area contributed by atoms with Crippen LogP contribution < -0.4 is 0 Å². The summed E-state index contributed by atoms with van der Waals surface area (Å²) in [5.74, 6) is 0.782. The second kappa shape index (κ2) is 7.36. The zero-order chi connectivity index (χ0) is 18.0. The average Bonchev–Trinajstić information content (AvgIpc) is 3.36. The molecular weight excluding hydrogens is 330 g/mol. The quantitative estimate of drug-likeness (QED) is 0.807. The van der Waals surface area contributed by atoms with Crippen LogP contribution in [0.3, 0.4) is 0 Å². The molecule has 0 N–H and O–H groups in total. The van der Waals surface area contributed by atoms with Gasteiger partial charge in [-0.3, -0.25) is 4.79 Å². The van der Waals surface area contributed by atoms with Crippen molar-refractivity contribution in [2.45, 2.75) is 62.8 Å². The third kappa shape index (κ3) is 3.48.